The summed E-state index contributed by atoms with van der Waals surface area (Å²) in [6.07, 6.45) is -93.1. The van der Waals surface area contributed by atoms with Crippen molar-refractivity contribution in [2.45, 2.75) is 0 Å². The van der Waals surface area contributed by atoms with Gasteiger partial charge in [0.15, 0.2) is 0 Å². The van der Waals surface area contributed by atoms with Crippen molar-refractivity contribution in [3.8, 4) is 0 Å². The zero-order chi connectivity index (χ0) is 80.9. The second-order valence-corrected chi connectivity index (χ2v) is 31.2. The molecule has 102 heteroatoms. The Morgan fingerprint density at radius 3 is 0.206 bits per heavy atom. The van der Waals surface area contributed by atoms with Gasteiger partial charge in [0.2, 0.25) is 0 Å². The van der Waals surface area contributed by atoms with Crippen LogP contribution in [0.3, 0.4) is 0 Å². The van der Waals surface area contributed by atoms with Gasteiger partial charge in [-0.05, 0) is 0 Å². The lowest BCUT2D eigenvalue weighted by molar-refractivity contribution is 3.19. The number of hydrogen-bond acceptors (Lipinski definition) is 0. The molecule has 0 aromatic heterocycles. The zero-order valence-electron chi connectivity index (χ0n) is 58.8. The van der Waals surface area contributed by atoms with Crippen molar-refractivity contribution in [3.63, 3.8) is 0 Å². The maximum Gasteiger partial charge on any atom is 0.0527 e. The van der Waals surface area contributed by atoms with Gasteiger partial charge in [-0.1, -0.05) is 0 Å². The molecule has 0 unspecified atom stereocenters. The molecule has 0 saturated heterocycles. The van der Waals surface area contributed by atoms with Gasteiger partial charge in [-0.3, -0.25) is 7.56 Å². The fourth-order valence-corrected chi connectivity index (χ4v) is 23.6. The third kappa shape index (κ3) is 29.2. The normalized spacial score (nSPS) is 9.93. The highest BCUT2D eigenvalue weighted by atomic mass is 31.1. The van der Waals surface area contributed by atoms with Crippen molar-refractivity contribution in [1.29, 1.82) is 0 Å². The third-order valence-corrected chi connectivity index (χ3v) is 25.3. The molecule has 104 radical (unpaired) electrons. The van der Waals surface area contributed by atoms with Crippen molar-refractivity contribution in [2.75, 3.05) is 0 Å². The molecule has 0 heterocycles. The first-order chi connectivity index (χ1) is 46.4. The Hall–Kier alpha value is 6.99. The van der Waals surface area contributed by atoms with Gasteiger partial charge in [0, 0.05) is 696 Å². The van der Waals surface area contributed by atoms with Gasteiger partial charge in [0.25, 0.3) is 0 Å². The lowest BCUT2D eigenvalue weighted by Gasteiger charge is -2.64. The molecule has 0 aliphatic heterocycles. The Morgan fingerprint density at radius 1 is 0.0784 bits per heavy atom. The minimum absolute atomic E-state index is 1.75. The maximum atomic E-state index is 7.27. The Balaban J connectivity index is 14.9. The molecule has 0 bridgehead atoms. The molecular formula is B101P. The van der Waals surface area contributed by atoms with Gasteiger partial charge in [-0.2, -0.15) is 0 Å². The molecule has 0 atom stereocenters. The van der Waals surface area contributed by atoms with E-state index in [2.05, 4.69) is 0 Å². The lowest BCUT2D eigenvalue weighted by atomic mass is 8.32. The molecule has 0 aliphatic carbocycles. The van der Waals surface area contributed by atoms with E-state index in [9.17, 15) is 0 Å². The second-order valence-electron chi connectivity index (χ2n) is 28.5. The molecule has 0 aliphatic rings. The van der Waals surface area contributed by atoms with Crippen LogP contribution >= 0.6 is 7.56 Å². The van der Waals surface area contributed by atoms with Crippen molar-refractivity contribution in [2.24, 2.45) is 0 Å². The summed E-state index contributed by atoms with van der Waals surface area (Å²) in [6, 6.07) is 0. The third-order valence-electron chi connectivity index (χ3n) is 21.2. The van der Waals surface area contributed by atoms with Gasteiger partial charge in [-0.25, -0.2) is 0 Å². The van der Waals surface area contributed by atoms with Crippen LogP contribution in [-0.4, -0.2) is 715 Å². The average molecular weight is 1120 g/mol. The highest BCUT2D eigenvalue weighted by molar-refractivity contribution is 8.65. The topological polar surface area (TPSA) is 0 Å². The SMILES string of the molecule is [B]B([B])B(B([B])[B])B(B(B([B])[B])B([B])[B])B(B(B([B])[B])B([B])[B])B(B(B(B([B])[B])B([B])[B])B(B([B])[B])B([B])[B])P(B(B(B(B([B])[B])B([B])[B])B(B([B])[B])B([B])[B])B(B(B([B])[B])B([B])[B])B(B([B])[B])B([B])[B])B(B(B(B([B])[B])B([B])[B])B(B([B])[B])B([B])[B])B(B(B([B])[B])B([B])[B])B(B([B])[B])B([B])[B]. The fourth-order valence-electron chi connectivity index (χ4n) is 17.6. The van der Waals surface area contributed by atoms with Crippen LogP contribution in [0.25, 0.3) is 0 Å². The lowest BCUT2D eigenvalue weighted by Crippen LogP contribution is -2.94. The van der Waals surface area contributed by atoms with Gasteiger partial charge in [0.1, 0.15) is 0 Å². The van der Waals surface area contributed by atoms with Crippen molar-refractivity contribution in [1.82, 2.24) is 0 Å². The second kappa shape index (κ2) is 50.2. The van der Waals surface area contributed by atoms with Gasteiger partial charge in [-0.15, -0.1) is 0 Å². The van der Waals surface area contributed by atoms with E-state index in [0.29, 0.717) is 0 Å². The predicted molar refractivity (Wildman–Crippen MR) is 588 cm³/mol. The van der Waals surface area contributed by atoms with Crippen LogP contribution < -0.4 is 0 Å². The van der Waals surface area contributed by atoms with Crippen LogP contribution in [0.1, 0.15) is 0 Å². The van der Waals surface area contributed by atoms with E-state index < -0.39 is 320 Å². The van der Waals surface area contributed by atoms with Crippen LogP contribution in [0.4, 0.5) is 0 Å². The number of rotatable bonds is 49. The van der Waals surface area contributed by atoms with E-state index in [1.807, 2.05) is 0 Å². The summed E-state index contributed by atoms with van der Waals surface area (Å²) in [6.45, 7) is 0. The molecular weight excluding hydrogens is 1120 g/mol. The highest BCUT2D eigenvalue weighted by Gasteiger charge is 2.68. The summed E-state index contributed by atoms with van der Waals surface area (Å²) in [7, 11) is 368. The van der Waals surface area contributed by atoms with Crippen LogP contribution in [0.15, 0.2) is 0 Å². The Labute approximate surface area is 714 Å². The van der Waals surface area contributed by atoms with Gasteiger partial charge >= 0.3 is 0 Å². The summed E-state index contributed by atoms with van der Waals surface area (Å²) >= 11 is 0. The largest absolute Gasteiger partial charge is 0.253 e. The highest BCUT2D eigenvalue weighted by Crippen LogP contribution is 2.54. The minimum atomic E-state index is -3.82. The Bertz CT molecular complexity index is 1720. The molecule has 0 fully saturated rings. The van der Waals surface area contributed by atoms with Crippen LogP contribution in [0.2, 0.25) is 0 Å². The predicted octanol–water partition coefficient (Wildman–Crippen LogP) is -37.6. The van der Waals surface area contributed by atoms with Crippen LogP contribution in [0, 0.1) is 0 Å². The minimum Gasteiger partial charge on any atom is -0.253 e. The first kappa shape index (κ1) is 109. The Morgan fingerprint density at radius 2 is 0.137 bits per heavy atom. The van der Waals surface area contributed by atoms with Crippen LogP contribution in [0.5, 0.6) is 0 Å². The molecule has 0 nitrogen and oxygen atoms in total. The van der Waals surface area contributed by atoms with E-state index in [0.717, 1.165) is 0 Å². The van der Waals surface area contributed by atoms with Crippen molar-refractivity contribution in [3.05, 3.63) is 0 Å². The van der Waals surface area contributed by atoms with Crippen molar-refractivity contribution < 1.29 is 0 Å². The monoisotopic (exact) mass is 1140 g/mol. The van der Waals surface area contributed by atoms with E-state index >= 15 is 0 Å². The molecule has 0 aromatic carbocycles. The van der Waals surface area contributed by atoms with E-state index in [-0.39, 0.29) is 0 Å². The summed E-state index contributed by atoms with van der Waals surface area (Å²) in [5.41, 5.74) is 0. The fraction of sp³-hybridized carbons (Fsp3) is 0. The smallest absolute Gasteiger partial charge is 0.0527 e. The molecule has 0 rings (SSSR count). The molecule has 102 heavy (non-hydrogen) atoms. The van der Waals surface area contributed by atoms with Crippen LogP contribution in [-0.2, 0) is 0 Å². The molecule has 308 valence electrons. The van der Waals surface area contributed by atoms with E-state index in [4.69, 9.17) is 402 Å². The molecule has 0 N–H and O–H groups in total. The average Bonchev–Trinajstić information content (AvgIpc) is 3.39. The molecule has 0 saturated carbocycles. The zero-order valence-corrected chi connectivity index (χ0v) is 59.7. The molecule has 0 spiro atoms. The quantitative estimate of drug-likeness (QED) is 0.0421. The summed E-state index contributed by atoms with van der Waals surface area (Å²) in [5, 5.41) is 0. The standard InChI is InChI=1S/B101P/c1-53(2)79(54(3)4)92(80(55(5)6)56(7)8)98(91(77(49)50)78(51)52)101(97(89(73(41)42)74(43)44)90(75(45)46)76(47)48)102(99(93(81(57(9)10)58(11)12)82(59(13)14)60(15)16)94(83(61(17)18)62(19)20)84(63(21)22)64(23)24)100(95(85(65(25)26)66(27)28)86(67(29)30)68(31)32)96(87(69(33)34)70(35)36)88(71(37)38)72(39)40. The molecule has 0 aromatic rings. The van der Waals surface area contributed by atoms with Gasteiger partial charge < -0.3 is 0 Å². The van der Waals surface area contributed by atoms with E-state index in [1.54, 1.807) is 0 Å². The summed E-state index contributed by atoms with van der Waals surface area (Å²) < 4.78 is 0. The number of hydrogen-bond donors (Lipinski definition) is 0. The Kier molecular flexibility index (Phi) is 53.6. The first-order valence-corrected chi connectivity index (χ1v) is 35.0. The van der Waals surface area contributed by atoms with Crippen molar-refractivity contribution >= 4 is 722 Å². The van der Waals surface area contributed by atoms with E-state index in [1.165, 1.54) is 0 Å². The summed E-state index contributed by atoms with van der Waals surface area (Å²) in [5.74, 6) is 0. The maximum absolute atomic E-state index is 7.27. The summed E-state index contributed by atoms with van der Waals surface area (Å²) in [4.78, 5) is 0. The van der Waals surface area contributed by atoms with Gasteiger partial charge in [0.05, 0.1) is 18.6 Å². The first-order valence-electron chi connectivity index (χ1n) is 33.4. The molecule has 0 amide bonds.